The van der Waals surface area contributed by atoms with Gasteiger partial charge in [-0.3, -0.25) is 19.7 Å². The van der Waals surface area contributed by atoms with Crippen LogP contribution in [0.25, 0.3) is 6.08 Å². The number of ether oxygens (including phenoxy) is 1. The van der Waals surface area contributed by atoms with Gasteiger partial charge in [0.05, 0.1) is 13.9 Å². The van der Waals surface area contributed by atoms with Crippen molar-refractivity contribution in [2.24, 2.45) is 0 Å². The van der Waals surface area contributed by atoms with Crippen molar-refractivity contribution < 1.29 is 19.2 Å². The molecular formula is C26H20Br2N4O5. The van der Waals surface area contributed by atoms with Crippen molar-refractivity contribution in [1.82, 2.24) is 0 Å². The fraction of sp³-hybridized carbons (Fsp3) is 0.115. The molecule has 37 heavy (non-hydrogen) atoms. The summed E-state index contributed by atoms with van der Waals surface area (Å²) < 4.78 is 6.66. The van der Waals surface area contributed by atoms with E-state index in [0.29, 0.717) is 25.9 Å². The van der Waals surface area contributed by atoms with Gasteiger partial charge in [-0.15, -0.1) is 0 Å². The summed E-state index contributed by atoms with van der Waals surface area (Å²) in [5.41, 5.74) is 3.01. The summed E-state index contributed by atoms with van der Waals surface area (Å²) >= 11 is 6.79. The molecule has 0 saturated carbocycles. The van der Waals surface area contributed by atoms with Crippen molar-refractivity contribution in [3.05, 3.63) is 95.9 Å². The number of carbonyl (C=O) groups excluding carboxylic acids is 2. The third kappa shape index (κ3) is 7.49. The van der Waals surface area contributed by atoms with Gasteiger partial charge in [-0.1, -0.05) is 23.8 Å². The molecule has 0 radical (unpaired) electrons. The van der Waals surface area contributed by atoms with E-state index in [0.717, 1.165) is 11.1 Å². The summed E-state index contributed by atoms with van der Waals surface area (Å²) in [5.74, 6) is -0.689. The van der Waals surface area contributed by atoms with E-state index in [1.165, 1.54) is 30.3 Å². The zero-order valence-corrected chi connectivity index (χ0v) is 22.8. The number of carbonyl (C=O) groups is 2. The van der Waals surface area contributed by atoms with Crippen molar-refractivity contribution in [3.63, 3.8) is 0 Å². The third-order valence-electron chi connectivity index (χ3n) is 5.02. The van der Waals surface area contributed by atoms with Crippen LogP contribution in [0.3, 0.4) is 0 Å². The number of nitriles is 1. The molecule has 2 amide bonds. The summed E-state index contributed by atoms with van der Waals surface area (Å²) in [5, 5.41) is 25.7. The number of anilines is 2. The molecule has 0 bridgehead atoms. The monoisotopic (exact) mass is 626 g/mol. The van der Waals surface area contributed by atoms with Gasteiger partial charge in [-0.05, 0) is 87.2 Å². The first-order chi connectivity index (χ1) is 17.6. The first-order valence-corrected chi connectivity index (χ1v) is 12.3. The highest BCUT2D eigenvalue weighted by molar-refractivity contribution is 9.11. The Balaban J connectivity index is 1.70. The SMILES string of the molecule is Cc1ccc(NC(=O)COc2c(Br)cc(/C=C(/C#N)C(=O)Nc3cccc([N+](=O)[O-])c3)cc2Br)c(C)c1. The topological polar surface area (TPSA) is 134 Å². The smallest absolute Gasteiger partial charge is 0.271 e. The molecule has 188 valence electrons. The number of nitrogens with zero attached hydrogens (tertiary/aromatic N) is 2. The van der Waals surface area contributed by atoms with E-state index in [-0.39, 0.29) is 29.5 Å². The predicted octanol–water partition coefficient (Wildman–Crippen LogP) is 6.30. The summed E-state index contributed by atoms with van der Waals surface area (Å²) in [6.45, 7) is 3.63. The van der Waals surface area contributed by atoms with Crippen LogP contribution in [0.2, 0.25) is 0 Å². The molecule has 9 nitrogen and oxygen atoms in total. The van der Waals surface area contributed by atoms with Gasteiger partial charge < -0.3 is 15.4 Å². The Morgan fingerprint density at radius 3 is 2.41 bits per heavy atom. The Morgan fingerprint density at radius 1 is 1.08 bits per heavy atom. The first kappa shape index (κ1) is 27.6. The molecule has 0 saturated heterocycles. The van der Waals surface area contributed by atoms with Gasteiger partial charge in [-0.25, -0.2) is 0 Å². The number of rotatable bonds is 8. The fourth-order valence-electron chi connectivity index (χ4n) is 3.29. The number of halogens is 2. The maximum absolute atomic E-state index is 12.6. The van der Waals surface area contributed by atoms with E-state index in [1.807, 2.05) is 38.1 Å². The summed E-state index contributed by atoms with van der Waals surface area (Å²) in [4.78, 5) is 35.3. The second-order valence-electron chi connectivity index (χ2n) is 7.90. The Kier molecular flexibility index (Phi) is 9.16. The fourth-order valence-corrected chi connectivity index (χ4v) is 4.74. The van der Waals surface area contributed by atoms with Crippen molar-refractivity contribution in [2.75, 3.05) is 17.2 Å². The molecule has 0 aliphatic heterocycles. The summed E-state index contributed by atoms with van der Waals surface area (Å²) in [6, 6.07) is 16.2. The van der Waals surface area contributed by atoms with Gasteiger partial charge in [0.2, 0.25) is 0 Å². The van der Waals surface area contributed by atoms with Crippen molar-refractivity contribution >= 4 is 66.8 Å². The van der Waals surface area contributed by atoms with Gasteiger partial charge >= 0.3 is 0 Å². The van der Waals surface area contributed by atoms with Crippen LogP contribution in [0, 0.1) is 35.3 Å². The van der Waals surface area contributed by atoms with Crippen LogP contribution in [0.1, 0.15) is 16.7 Å². The van der Waals surface area contributed by atoms with Gasteiger partial charge in [0.25, 0.3) is 17.5 Å². The number of amides is 2. The zero-order valence-electron chi connectivity index (χ0n) is 19.7. The Hall–Kier alpha value is -4.01. The lowest BCUT2D eigenvalue weighted by atomic mass is 10.1. The van der Waals surface area contributed by atoms with Crippen LogP contribution in [-0.2, 0) is 9.59 Å². The first-order valence-electron chi connectivity index (χ1n) is 10.7. The molecule has 3 aromatic rings. The molecule has 3 aromatic carbocycles. The highest BCUT2D eigenvalue weighted by atomic mass is 79.9. The molecular weight excluding hydrogens is 608 g/mol. The maximum Gasteiger partial charge on any atom is 0.271 e. The van der Waals surface area contributed by atoms with E-state index < -0.39 is 10.8 Å². The van der Waals surface area contributed by atoms with Crippen molar-refractivity contribution in [3.8, 4) is 11.8 Å². The lowest BCUT2D eigenvalue weighted by Gasteiger charge is -2.13. The Bertz CT molecular complexity index is 1440. The molecule has 3 rings (SSSR count). The minimum absolute atomic E-state index is 0.186. The number of non-ortho nitro benzene ring substituents is 1. The van der Waals surface area contributed by atoms with Crippen LogP contribution >= 0.6 is 31.9 Å². The minimum Gasteiger partial charge on any atom is -0.481 e. The maximum atomic E-state index is 12.6. The van der Waals surface area contributed by atoms with Crippen LogP contribution in [0.15, 0.2) is 69.1 Å². The van der Waals surface area contributed by atoms with Crippen LogP contribution in [0.4, 0.5) is 17.1 Å². The number of hydrogen-bond acceptors (Lipinski definition) is 6. The molecule has 0 atom stereocenters. The van der Waals surface area contributed by atoms with Gasteiger partial charge in [-0.2, -0.15) is 5.26 Å². The molecule has 11 heteroatoms. The number of nitrogens with one attached hydrogen (secondary N) is 2. The van der Waals surface area contributed by atoms with Crippen molar-refractivity contribution in [1.29, 1.82) is 5.26 Å². The van der Waals surface area contributed by atoms with Crippen LogP contribution < -0.4 is 15.4 Å². The van der Waals surface area contributed by atoms with E-state index in [9.17, 15) is 25.0 Å². The second-order valence-corrected chi connectivity index (χ2v) is 9.61. The summed E-state index contributed by atoms with van der Waals surface area (Å²) in [6.07, 6.45) is 1.36. The third-order valence-corrected chi connectivity index (χ3v) is 6.19. The highest BCUT2D eigenvalue weighted by Crippen LogP contribution is 2.35. The number of benzene rings is 3. The summed E-state index contributed by atoms with van der Waals surface area (Å²) in [7, 11) is 0. The van der Waals surface area contributed by atoms with Gasteiger partial charge in [0.1, 0.15) is 17.4 Å². The quantitative estimate of drug-likeness (QED) is 0.130. The molecule has 0 aromatic heterocycles. The van der Waals surface area contributed by atoms with E-state index >= 15 is 0 Å². The van der Waals surface area contributed by atoms with Gasteiger partial charge in [0.15, 0.2) is 6.61 Å². The highest BCUT2D eigenvalue weighted by Gasteiger charge is 2.15. The average Bonchev–Trinajstić information content (AvgIpc) is 2.83. The van der Waals surface area contributed by atoms with Gasteiger partial charge in [0, 0.05) is 23.5 Å². The molecule has 0 spiro atoms. The normalized spacial score (nSPS) is 10.8. The lowest BCUT2D eigenvalue weighted by Crippen LogP contribution is -2.21. The Labute approximate surface area is 229 Å². The zero-order chi connectivity index (χ0) is 27.1. The number of nitro groups is 1. The van der Waals surface area contributed by atoms with E-state index in [4.69, 9.17) is 4.74 Å². The number of hydrogen-bond donors (Lipinski definition) is 2. The molecule has 0 fully saturated rings. The number of aryl methyl sites for hydroxylation is 2. The second kappa shape index (κ2) is 12.3. The minimum atomic E-state index is -0.723. The molecule has 0 heterocycles. The lowest BCUT2D eigenvalue weighted by molar-refractivity contribution is -0.384. The van der Waals surface area contributed by atoms with E-state index in [1.54, 1.807) is 12.1 Å². The average molecular weight is 628 g/mol. The standard InChI is InChI=1S/C26H20Br2N4O5/c1-15-6-7-23(16(2)8-15)31-24(33)14-37-25-21(27)10-17(11-22(25)28)9-18(13-29)26(34)30-19-4-3-5-20(12-19)32(35)36/h3-12H,14H2,1-2H3,(H,30,34)(H,31,33)/b18-9-. The molecule has 0 unspecified atom stereocenters. The Morgan fingerprint density at radius 2 is 1.78 bits per heavy atom. The predicted molar refractivity (Wildman–Crippen MR) is 147 cm³/mol. The molecule has 2 N–H and O–H groups in total. The van der Waals surface area contributed by atoms with E-state index in [2.05, 4.69) is 42.5 Å². The largest absolute Gasteiger partial charge is 0.481 e. The van der Waals surface area contributed by atoms with Crippen molar-refractivity contribution in [2.45, 2.75) is 13.8 Å². The van der Waals surface area contributed by atoms with Crippen LogP contribution in [-0.4, -0.2) is 23.3 Å². The molecule has 0 aliphatic rings. The number of nitro benzene ring substituents is 1. The van der Waals surface area contributed by atoms with Crippen LogP contribution in [0.5, 0.6) is 5.75 Å². The molecule has 0 aliphatic carbocycles.